The minimum atomic E-state index is -4.94. The van der Waals surface area contributed by atoms with E-state index in [2.05, 4.69) is 0 Å². The number of benzene rings is 2. The second-order valence-electron chi connectivity index (χ2n) is 6.36. The van der Waals surface area contributed by atoms with Crippen LogP contribution in [0.4, 0.5) is 13.2 Å². The Morgan fingerprint density at radius 3 is 2.18 bits per heavy atom. The number of sulfone groups is 1. The molecule has 0 aliphatic rings. The van der Waals surface area contributed by atoms with Gasteiger partial charge in [-0.05, 0) is 61.7 Å². The molecule has 2 rings (SSSR count). The summed E-state index contributed by atoms with van der Waals surface area (Å²) in [6.45, 7) is 3.17. The van der Waals surface area contributed by atoms with E-state index in [1.165, 1.54) is 50.4 Å². The third-order valence-corrected chi connectivity index (χ3v) is 5.85. The summed E-state index contributed by atoms with van der Waals surface area (Å²) >= 11 is 0. The summed E-state index contributed by atoms with van der Waals surface area (Å²) < 4.78 is 67.5. The second kappa shape index (κ2) is 8.22. The molecule has 2 aromatic rings. The maximum absolute atomic E-state index is 12.8. The number of halogens is 3. The summed E-state index contributed by atoms with van der Waals surface area (Å²) in [4.78, 5) is 11.1. The monoisotopic (exact) mass is 415 g/mol. The van der Waals surface area contributed by atoms with Gasteiger partial charge in [0.2, 0.25) is 9.84 Å². The fourth-order valence-corrected chi connectivity index (χ4v) is 4.01. The molecule has 9 heteroatoms. The third-order valence-electron chi connectivity index (χ3n) is 4.09. The van der Waals surface area contributed by atoms with E-state index in [1.54, 1.807) is 13.0 Å². The highest BCUT2D eigenvalue weighted by Gasteiger charge is 2.39. The molecule has 2 aromatic carbocycles. The zero-order chi connectivity index (χ0) is 21.1. The van der Waals surface area contributed by atoms with Crippen LogP contribution in [0.2, 0.25) is 0 Å². The van der Waals surface area contributed by atoms with Gasteiger partial charge in [0.05, 0.1) is 16.9 Å². The van der Waals surface area contributed by atoms with Gasteiger partial charge in [-0.25, -0.2) is 8.42 Å². The molecular formula is C19H20F3NO4S. The standard InChI is InChI=1S/C19H20F3NO4S/c1-12-10-16(8-9-17(12)27-3)28(25,26)15-6-4-14(5-7-15)11-13(2)23-18(24)19(20,21)22/h4-10,13H,11H2,1-3H3,(H,23,24). The first-order valence-electron chi connectivity index (χ1n) is 8.31. The van der Waals surface area contributed by atoms with Gasteiger partial charge in [0.25, 0.3) is 0 Å². The van der Waals surface area contributed by atoms with E-state index in [-0.39, 0.29) is 16.2 Å². The predicted molar refractivity (Wildman–Crippen MR) is 97.0 cm³/mol. The Labute approximate surface area is 161 Å². The van der Waals surface area contributed by atoms with Crippen molar-refractivity contribution in [1.29, 1.82) is 0 Å². The molecule has 0 saturated carbocycles. The first-order chi connectivity index (χ1) is 12.9. The van der Waals surface area contributed by atoms with Crippen LogP contribution in [0, 0.1) is 6.92 Å². The molecular weight excluding hydrogens is 395 g/mol. The molecule has 0 spiro atoms. The summed E-state index contributed by atoms with van der Waals surface area (Å²) in [5, 5.41) is 1.86. The van der Waals surface area contributed by atoms with Crippen LogP contribution in [0.15, 0.2) is 52.3 Å². The summed E-state index contributed by atoms with van der Waals surface area (Å²) in [6.07, 6.45) is -4.81. The lowest BCUT2D eigenvalue weighted by Gasteiger charge is -2.15. The average Bonchev–Trinajstić information content (AvgIpc) is 2.61. The molecule has 0 aromatic heterocycles. The Morgan fingerprint density at radius 2 is 1.68 bits per heavy atom. The normalized spacial score (nSPS) is 13.1. The summed E-state index contributed by atoms with van der Waals surface area (Å²) in [7, 11) is -2.25. The van der Waals surface area contributed by atoms with Crippen LogP contribution in [0.5, 0.6) is 5.75 Å². The van der Waals surface area contributed by atoms with Crippen LogP contribution in [0.3, 0.4) is 0 Å². The van der Waals surface area contributed by atoms with Crippen molar-refractivity contribution in [3.05, 3.63) is 53.6 Å². The highest BCUT2D eigenvalue weighted by Crippen LogP contribution is 2.26. The minimum absolute atomic E-state index is 0.0628. The number of hydrogen-bond donors (Lipinski definition) is 1. The number of amides is 1. The van der Waals surface area contributed by atoms with Gasteiger partial charge in [-0.2, -0.15) is 13.2 Å². The topological polar surface area (TPSA) is 72.5 Å². The van der Waals surface area contributed by atoms with Crippen molar-refractivity contribution < 1.29 is 31.1 Å². The summed E-state index contributed by atoms with van der Waals surface area (Å²) in [6, 6.07) is 9.58. The first-order valence-corrected chi connectivity index (χ1v) is 9.80. The molecule has 152 valence electrons. The molecule has 1 unspecified atom stereocenters. The molecule has 0 fully saturated rings. The number of alkyl halides is 3. The van der Waals surface area contributed by atoms with Crippen molar-refractivity contribution in [2.75, 3.05) is 7.11 Å². The van der Waals surface area contributed by atoms with E-state index in [0.717, 1.165) is 0 Å². The number of ether oxygens (including phenoxy) is 1. The molecule has 0 bridgehead atoms. The smallest absolute Gasteiger partial charge is 0.471 e. The van der Waals surface area contributed by atoms with Crippen molar-refractivity contribution in [1.82, 2.24) is 5.32 Å². The largest absolute Gasteiger partial charge is 0.496 e. The molecule has 28 heavy (non-hydrogen) atoms. The van der Waals surface area contributed by atoms with Crippen molar-refractivity contribution in [3.8, 4) is 5.75 Å². The molecule has 1 N–H and O–H groups in total. The van der Waals surface area contributed by atoms with Gasteiger partial charge in [-0.1, -0.05) is 12.1 Å². The SMILES string of the molecule is COc1ccc(S(=O)(=O)c2ccc(CC(C)NC(=O)C(F)(F)F)cc2)cc1C. The van der Waals surface area contributed by atoms with Gasteiger partial charge < -0.3 is 10.1 Å². The Hall–Kier alpha value is -2.55. The van der Waals surface area contributed by atoms with E-state index in [4.69, 9.17) is 4.74 Å². The van der Waals surface area contributed by atoms with Crippen molar-refractivity contribution >= 4 is 15.7 Å². The lowest BCUT2D eigenvalue weighted by atomic mass is 10.1. The molecule has 1 atom stereocenters. The van der Waals surface area contributed by atoms with Crippen molar-refractivity contribution in [2.45, 2.75) is 42.3 Å². The van der Waals surface area contributed by atoms with Crippen LogP contribution >= 0.6 is 0 Å². The molecule has 0 saturated heterocycles. The van der Waals surface area contributed by atoms with Crippen LogP contribution in [0.1, 0.15) is 18.1 Å². The maximum Gasteiger partial charge on any atom is 0.471 e. The van der Waals surface area contributed by atoms with E-state index >= 15 is 0 Å². The second-order valence-corrected chi connectivity index (χ2v) is 8.30. The lowest BCUT2D eigenvalue weighted by Crippen LogP contribution is -2.42. The van der Waals surface area contributed by atoms with E-state index < -0.39 is 28.0 Å². The zero-order valence-corrected chi connectivity index (χ0v) is 16.3. The van der Waals surface area contributed by atoms with Gasteiger partial charge in [-0.15, -0.1) is 0 Å². The van der Waals surface area contributed by atoms with Crippen molar-refractivity contribution in [3.63, 3.8) is 0 Å². The number of carbonyl (C=O) groups excluding carboxylic acids is 1. The van der Waals surface area contributed by atoms with E-state index in [0.29, 0.717) is 16.9 Å². The Balaban J connectivity index is 2.15. The average molecular weight is 415 g/mol. The van der Waals surface area contributed by atoms with Gasteiger partial charge in [0.15, 0.2) is 0 Å². The first kappa shape index (κ1) is 21.7. The molecule has 5 nitrogen and oxygen atoms in total. The number of carbonyl (C=O) groups is 1. The third kappa shape index (κ3) is 5.03. The number of nitrogens with one attached hydrogen (secondary N) is 1. The predicted octanol–water partition coefficient (Wildman–Crippen LogP) is 3.45. The molecule has 1 amide bonds. The van der Waals surface area contributed by atoms with Gasteiger partial charge in [0.1, 0.15) is 5.75 Å². The summed E-state index contributed by atoms with van der Waals surface area (Å²) in [5.41, 5.74) is 1.27. The Morgan fingerprint density at radius 1 is 1.11 bits per heavy atom. The van der Waals surface area contributed by atoms with Crippen molar-refractivity contribution in [2.24, 2.45) is 0 Å². The molecule has 0 aliphatic carbocycles. The lowest BCUT2D eigenvalue weighted by molar-refractivity contribution is -0.174. The maximum atomic E-state index is 12.8. The van der Waals surface area contributed by atoms with Gasteiger partial charge in [-0.3, -0.25) is 4.79 Å². The number of methoxy groups -OCH3 is 1. The molecule has 0 heterocycles. The van der Waals surface area contributed by atoms with Crippen LogP contribution in [-0.2, 0) is 21.1 Å². The number of rotatable bonds is 6. The Bertz CT molecular complexity index is 954. The highest BCUT2D eigenvalue weighted by atomic mass is 32.2. The van der Waals surface area contributed by atoms with Crippen LogP contribution in [0.25, 0.3) is 0 Å². The zero-order valence-electron chi connectivity index (χ0n) is 15.5. The van der Waals surface area contributed by atoms with E-state index in [1.807, 2.05) is 5.32 Å². The Kier molecular flexibility index (Phi) is 6.38. The van der Waals surface area contributed by atoms with Gasteiger partial charge in [0, 0.05) is 6.04 Å². The van der Waals surface area contributed by atoms with E-state index in [9.17, 15) is 26.4 Å². The summed E-state index contributed by atoms with van der Waals surface area (Å²) in [5.74, 6) is -1.43. The quantitative estimate of drug-likeness (QED) is 0.785. The number of hydrogen-bond acceptors (Lipinski definition) is 4. The molecule has 0 aliphatic heterocycles. The fourth-order valence-electron chi connectivity index (χ4n) is 2.67. The highest BCUT2D eigenvalue weighted by molar-refractivity contribution is 7.91. The van der Waals surface area contributed by atoms with Crippen LogP contribution in [-0.4, -0.2) is 33.7 Å². The minimum Gasteiger partial charge on any atom is -0.496 e. The fraction of sp³-hybridized carbons (Fsp3) is 0.316. The van der Waals surface area contributed by atoms with Gasteiger partial charge >= 0.3 is 12.1 Å². The molecule has 0 radical (unpaired) electrons. The number of aryl methyl sites for hydroxylation is 1. The van der Waals surface area contributed by atoms with Crippen LogP contribution < -0.4 is 10.1 Å².